The van der Waals surface area contributed by atoms with E-state index in [0.717, 1.165) is 6.08 Å². The number of aliphatic carboxylic acids is 1. The van der Waals surface area contributed by atoms with Crippen molar-refractivity contribution >= 4 is 11.9 Å². The number of carbonyl (C=O) groups is 2. The minimum Gasteiger partial charge on any atom is -0.478 e. The third kappa shape index (κ3) is 32.3. The molecule has 10 nitrogen and oxygen atoms in total. The normalized spacial score (nSPS) is 10.4. The summed E-state index contributed by atoms with van der Waals surface area (Å²) in [7, 11) is 1.40. The number of carbonyl (C=O) groups excluding carboxylic acids is 1. The fourth-order valence-electron chi connectivity index (χ4n) is 0.889. The van der Waals surface area contributed by atoms with Gasteiger partial charge in [-0.2, -0.15) is 0 Å². The summed E-state index contributed by atoms with van der Waals surface area (Å²) in [6.07, 6.45) is 0.446. The maximum Gasteiger partial charge on any atom is 0.333 e. The molecule has 1 atom stereocenters. The van der Waals surface area contributed by atoms with E-state index in [-0.39, 0.29) is 26.4 Å². The van der Waals surface area contributed by atoms with Crippen LogP contribution in [0.4, 0.5) is 0 Å². The molecule has 0 aliphatic heterocycles. The van der Waals surface area contributed by atoms with Gasteiger partial charge in [-0.15, -0.1) is 0 Å². The highest BCUT2D eigenvalue weighted by molar-refractivity contribution is 5.86. The Balaban J connectivity index is -0.000000347. The van der Waals surface area contributed by atoms with E-state index >= 15 is 0 Å². The number of ether oxygens (including phenoxy) is 4. The zero-order chi connectivity index (χ0) is 21.5. The number of aliphatic hydroxyl groups excluding tert-OH is 3. The predicted octanol–water partition coefficient (Wildman–Crippen LogP) is -0.278. The summed E-state index contributed by atoms with van der Waals surface area (Å²) < 4.78 is 19.0. The van der Waals surface area contributed by atoms with Crippen molar-refractivity contribution in [3.8, 4) is 0 Å². The lowest BCUT2D eigenvalue weighted by Gasteiger charge is -2.08. The highest BCUT2D eigenvalue weighted by atomic mass is 16.6. The van der Waals surface area contributed by atoms with Crippen LogP contribution in [0.5, 0.6) is 0 Å². The third-order valence-corrected chi connectivity index (χ3v) is 2.20. The zero-order valence-electron chi connectivity index (χ0n) is 16.0. The molecule has 0 aromatic heterocycles. The van der Waals surface area contributed by atoms with Crippen molar-refractivity contribution < 1.29 is 49.0 Å². The Kier molecular flexibility index (Phi) is 26.8. The monoisotopic (exact) mass is 396 g/mol. The van der Waals surface area contributed by atoms with Crippen LogP contribution in [0, 0.1) is 0 Å². The summed E-state index contributed by atoms with van der Waals surface area (Å²) in [4.78, 5) is 19.9. The van der Waals surface area contributed by atoms with Crippen molar-refractivity contribution in [2.45, 2.75) is 19.6 Å². The van der Waals surface area contributed by atoms with Gasteiger partial charge in [0.05, 0.1) is 39.6 Å². The Labute approximate surface area is 159 Å². The molecule has 10 heteroatoms. The Bertz CT molecular complexity index is 384. The molecule has 0 radical (unpaired) electrons. The summed E-state index contributed by atoms with van der Waals surface area (Å²) in [5, 5.41) is 33.1. The molecule has 0 aromatic carbocycles. The molecule has 0 rings (SSSR count). The number of hydrogen-bond acceptors (Lipinski definition) is 9. The average Bonchev–Trinajstić information content (AvgIpc) is 2.65. The molecule has 0 saturated carbocycles. The van der Waals surface area contributed by atoms with Crippen LogP contribution >= 0.6 is 0 Å². The highest BCUT2D eigenvalue weighted by Crippen LogP contribution is 1.92. The van der Waals surface area contributed by atoms with Crippen molar-refractivity contribution in [3.05, 3.63) is 24.8 Å². The third-order valence-electron chi connectivity index (χ3n) is 2.20. The van der Waals surface area contributed by atoms with Gasteiger partial charge >= 0.3 is 11.9 Å². The van der Waals surface area contributed by atoms with Crippen molar-refractivity contribution in [3.63, 3.8) is 0 Å². The van der Waals surface area contributed by atoms with Crippen LogP contribution in [-0.4, -0.2) is 92.0 Å². The topological polar surface area (TPSA) is 152 Å². The number of methoxy groups -OCH3 is 1. The van der Waals surface area contributed by atoms with Gasteiger partial charge in [0.25, 0.3) is 0 Å². The highest BCUT2D eigenvalue weighted by Gasteiger charge is 2.00. The summed E-state index contributed by atoms with van der Waals surface area (Å²) in [5.41, 5.74) is 0.387. The molecule has 0 aliphatic carbocycles. The molecule has 4 N–H and O–H groups in total. The standard InChI is InChI=1S/C7H16O5.C7H12O3.C3H4O2/c1-10-7(9)6-12-5-4-11-3-2-8;1-6(2)7(9)10-5-3-4-8;1-2-3(4)5/h7-9H,2-6H2,1H3;8H,1,3-5H2,2H3;2H,1H2,(H,4,5). The molecule has 0 aromatic rings. The first kappa shape index (κ1) is 29.9. The van der Waals surface area contributed by atoms with Crippen LogP contribution in [-0.2, 0) is 28.5 Å². The Morgan fingerprint density at radius 1 is 1.07 bits per heavy atom. The van der Waals surface area contributed by atoms with Gasteiger partial charge < -0.3 is 39.4 Å². The first-order chi connectivity index (χ1) is 12.8. The van der Waals surface area contributed by atoms with Crippen molar-refractivity contribution in [2.24, 2.45) is 0 Å². The second-order valence-electron chi connectivity index (χ2n) is 4.64. The van der Waals surface area contributed by atoms with E-state index in [0.29, 0.717) is 31.8 Å². The quantitative estimate of drug-likeness (QED) is 0.142. The van der Waals surface area contributed by atoms with E-state index < -0.39 is 18.2 Å². The van der Waals surface area contributed by atoms with Gasteiger partial charge in [0.15, 0.2) is 6.29 Å². The zero-order valence-corrected chi connectivity index (χ0v) is 16.0. The molecule has 0 amide bonds. The van der Waals surface area contributed by atoms with Gasteiger partial charge in [-0.25, -0.2) is 9.59 Å². The number of aliphatic hydroxyl groups is 3. The predicted molar refractivity (Wildman–Crippen MR) is 97.0 cm³/mol. The number of carboxylic acids is 1. The minimum absolute atomic E-state index is 0.0146. The number of carboxylic acid groups (broad SMARTS) is 1. The average molecular weight is 396 g/mol. The first-order valence-corrected chi connectivity index (χ1v) is 8.02. The molecule has 0 aliphatic rings. The maximum absolute atomic E-state index is 10.6. The van der Waals surface area contributed by atoms with Crippen molar-refractivity contribution in [1.82, 2.24) is 0 Å². The van der Waals surface area contributed by atoms with Crippen LogP contribution in [0.1, 0.15) is 13.3 Å². The largest absolute Gasteiger partial charge is 0.478 e. The van der Waals surface area contributed by atoms with E-state index in [1.807, 2.05) is 0 Å². The van der Waals surface area contributed by atoms with Gasteiger partial charge in [0.1, 0.15) is 0 Å². The Morgan fingerprint density at radius 2 is 1.63 bits per heavy atom. The lowest BCUT2D eigenvalue weighted by Crippen LogP contribution is -2.19. The maximum atomic E-state index is 10.6. The molecular weight excluding hydrogens is 364 g/mol. The SMILES string of the molecule is C=C(C)C(=O)OCCCO.C=CC(=O)O.COC(O)COCCOCCO. The van der Waals surface area contributed by atoms with Crippen LogP contribution in [0.15, 0.2) is 24.8 Å². The van der Waals surface area contributed by atoms with Crippen LogP contribution in [0.2, 0.25) is 0 Å². The number of hydrogen-bond donors (Lipinski definition) is 4. The molecule has 0 bridgehead atoms. The number of rotatable bonds is 13. The van der Waals surface area contributed by atoms with Crippen molar-refractivity contribution in [1.29, 1.82) is 0 Å². The molecule has 27 heavy (non-hydrogen) atoms. The molecule has 0 fully saturated rings. The Hall–Kier alpha value is -1.82. The van der Waals surface area contributed by atoms with Gasteiger partial charge in [0.2, 0.25) is 0 Å². The molecule has 1 unspecified atom stereocenters. The van der Waals surface area contributed by atoms with E-state index in [9.17, 15) is 9.59 Å². The summed E-state index contributed by atoms with van der Waals surface area (Å²) in [6, 6.07) is 0. The van der Waals surface area contributed by atoms with E-state index in [2.05, 4.69) is 22.6 Å². The van der Waals surface area contributed by atoms with Crippen LogP contribution in [0.25, 0.3) is 0 Å². The number of esters is 1. The van der Waals surface area contributed by atoms with Gasteiger partial charge in [0, 0.05) is 31.8 Å². The first-order valence-electron chi connectivity index (χ1n) is 8.02. The smallest absolute Gasteiger partial charge is 0.333 e. The van der Waals surface area contributed by atoms with Gasteiger partial charge in [-0.1, -0.05) is 13.2 Å². The Morgan fingerprint density at radius 3 is 2.04 bits per heavy atom. The van der Waals surface area contributed by atoms with Crippen LogP contribution in [0.3, 0.4) is 0 Å². The second kappa shape index (κ2) is 24.2. The molecule has 0 saturated heterocycles. The van der Waals surface area contributed by atoms with Gasteiger partial charge in [-0.05, 0) is 6.92 Å². The fourth-order valence-corrected chi connectivity index (χ4v) is 0.889. The molecule has 160 valence electrons. The lowest BCUT2D eigenvalue weighted by atomic mass is 10.4. The minimum atomic E-state index is -0.981. The van der Waals surface area contributed by atoms with E-state index in [1.165, 1.54) is 7.11 Å². The van der Waals surface area contributed by atoms with Crippen LogP contribution < -0.4 is 0 Å². The van der Waals surface area contributed by atoms with E-state index in [1.54, 1.807) is 6.92 Å². The summed E-state index contributed by atoms with van der Waals surface area (Å²) in [6.45, 7) is 9.52. The molecule has 0 heterocycles. The molecular formula is C17H32O10. The summed E-state index contributed by atoms with van der Waals surface area (Å²) in [5.74, 6) is -1.38. The molecule has 0 spiro atoms. The fraction of sp³-hybridized carbons (Fsp3) is 0.647. The second-order valence-corrected chi connectivity index (χ2v) is 4.64. The summed E-state index contributed by atoms with van der Waals surface area (Å²) >= 11 is 0. The van der Waals surface area contributed by atoms with Gasteiger partial charge in [-0.3, -0.25) is 0 Å². The lowest BCUT2D eigenvalue weighted by molar-refractivity contribution is -0.139. The van der Waals surface area contributed by atoms with Crippen molar-refractivity contribution in [2.75, 3.05) is 53.4 Å². The van der Waals surface area contributed by atoms with E-state index in [4.69, 9.17) is 29.9 Å².